The number of aryl methyl sites for hydroxylation is 3. The second kappa shape index (κ2) is 13.7. The molecule has 11 nitrogen and oxygen atoms in total. The van der Waals surface area contributed by atoms with Gasteiger partial charge in [-0.3, -0.25) is 4.28 Å². The van der Waals surface area contributed by atoms with E-state index < -0.39 is 46.7 Å². The molecule has 0 N–H and O–H groups in total. The minimum absolute atomic E-state index is 0.0685. The number of hydrogen-bond acceptors (Lipinski definition) is 12. The summed E-state index contributed by atoms with van der Waals surface area (Å²) in [5, 5.41) is 13.6. The molecule has 0 aromatic heterocycles. The monoisotopic (exact) mass is 722 g/mol. The van der Waals surface area contributed by atoms with Crippen molar-refractivity contribution in [3.63, 3.8) is 0 Å². The van der Waals surface area contributed by atoms with Gasteiger partial charge in [0.15, 0.2) is 10.6 Å². The topological polar surface area (TPSA) is 166 Å². The van der Waals surface area contributed by atoms with E-state index in [4.69, 9.17) is 12.6 Å². The third kappa shape index (κ3) is 7.80. The summed E-state index contributed by atoms with van der Waals surface area (Å²) in [6, 6.07) is 23.5. The average Bonchev–Trinajstić information content (AvgIpc) is 3.51. The molecule has 0 spiro atoms. The van der Waals surface area contributed by atoms with Crippen molar-refractivity contribution in [2.45, 2.75) is 35.5 Å². The quantitative estimate of drug-likeness (QED) is 0.101. The Hall–Kier alpha value is -4.88. The molecule has 15 heteroatoms. The molecule has 0 atom stereocenters. The van der Waals surface area contributed by atoms with E-state index in [0.717, 1.165) is 46.7 Å². The highest BCUT2D eigenvalue weighted by molar-refractivity contribution is 8.18. The minimum atomic E-state index is -4.97. The Balaban J connectivity index is 1.49. The van der Waals surface area contributed by atoms with Crippen LogP contribution >= 0.6 is 11.8 Å². The zero-order chi connectivity index (χ0) is 34.7. The Bertz CT molecular complexity index is 2360. The molecule has 246 valence electrons. The molecule has 0 aliphatic carbocycles. The van der Waals surface area contributed by atoms with Crippen LogP contribution in [0, 0.1) is 32.1 Å². The Morgan fingerprint density at radius 2 is 1.29 bits per heavy atom. The number of benzene rings is 4. The molecule has 4 aromatic carbocycles. The predicted molar refractivity (Wildman–Crippen MR) is 181 cm³/mol. The molecule has 0 amide bonds. The van der Waals surface area contributed by atoms with E-state index >= 15 is 0 Å². The maximum absolute atomic E-state index is 13.5. The molecule has 5 rings (SSSR count). The van der Waals surface area contributed by atoms with Crippen LogP contribution in [0.5, 0.6) is 11.5 Å². The SMILES string of the molecule is Cc1ccc(S(=O)(=O)Oc2ccc(OS(=O)(=O)c3ccc(C)cc3)c(S(=O)(=O)O/N=C3C=C/C(=C(\C#N)c4ccccc4C)S\3)c2)cc1. The van der Waals surface area contributed by atoms with Crippen LogP contribution in [0.1, 0.15) is 22.3 Å². The summed E-state index contributed by atoms with van der Waals surface area (Å²) < 4.78 is 94.5. The molecule has 1 aliphatic rings. The molecule has 1 aliphatic heterocycles. The van der Waals surface area contributed by atoms with Gasteiger partial charge in [0.25, 0.3) is 0 Å². The summed E-state index contributed by atoms with van der Waals surface area (Å²) in [7, 11) is -13.9. The summed E-state index contributed by atoms with van der Waals surface area (Å²) in [4.78, 5) is -0.830. The van der Waals surface area contributed by atoms with Crippen molar-refractivity contribution in [2.75, 3.05) is 0 Å². The van der Waals surface area contributed by atoms with Gasteiger partial charge in [-0.2, -0.15) is 30.5 Å². The van der Waals surface area contributed by atoms with Gasteiger partial charge in [0.1, 0.15) is 26.7 Å². The van der Waals surface area contributed by atoms with Gasteiger partial charge in [0.05, 0.1) is 5.57 Å². The van der Waals surface area contributed by atoms with Crippen molar-refractivity contribution in [2.24, 2.45) is 5.16 Å². The first kappa shape index (κ1) is 34.5. The van der Waals surface area contributed by atoms with Gasteiger partial charge >= 0.3 is 30.4 Å². The second-order valence-corrected chi connectivity index (χ2v) is 16.0. The van der Waals surface area contributed by atoms with Crippen molar-refractivity contribution in [1.29, 1.82) is 5.26 Å². The largest absolute Gasteiger partial charge is 0.379 e. The van der Waals surface area contributed by atoms with E-state index in [1.54, 1.807) is 44.2 Å². The van der Waals surface area contributed by atoms with Crippen LogP contribution in [0.15, 0.2) is 128 Å². The molecule has 1 heterocycles. The van der Waals surface area contributed by atoms with Crippen molar-refractivity contribution in [1.82, 2.24) is 0 Å². The third-order valence-electron chi connectivity index (χ3n) is 6.80. The van der Waals surface area contributed by atoms with Crippen molar-refractivity contribution < 1.29 is 37.9 Å². The average molecular weight is 723 g/mol. The molecule has 0 fully saturated rings. The van der Waals surface area contributed by atoms with Crippen LogP contribution in [0.25, 0.3) is 5.57 Å². The number of rotatable bonds is 10. The highest BCUT2D eigenvalue weighted by Crippen LogP contribution is 2.37. The van der Waals surface area contributed by atoms with Gasteiger partial charge in [0.2, 0.25) is 0 Å². The smallest absolute Gasteiger partial charge is 0.362 e. The van der Waals surface area contributed by atoms with E-state index in [0.29, 0.717) is 16.0 Å². The van der Waals surface area contributed by atoms with Gasteiger partial charge in [0, 0.05) is 11.0 Å². The fraction of sp³-hybridized carbons (Fsp3) is 0.0909. The van der Waals surface area contributed by atoms with Gasteiger partial charge in [-0.1, -0.05) is 76.6 Å². The van der Waals surface area contributed by atoms with Gasteiger partial charge < -0.3 is 8.37 Å². The number of nitriles is 1. The molecule has 4 aromatic rings. The number of hydrogen-bond donors (Lipinski definition) is 0. The highest BCUT2D eigenvalue weighted by atomic mass is 32.2. The van der Waals surface area contributed by atoms with Crippen LogP contribution < -0.4 is 8.37 Å². The Kier molecular flexibility index (Phi) is 9.83. The predicted octanol–water partition coefficient (Wildman–Crippen LogP) is 6.40. The van der Waals surface area contributed by atoms with Crippen LogP contribution in [0.2, 0.25) is 0 Å². The van der Waals surface area contributed by atoms with E-state index in [1.807, 2.05) is 19.1 Å². The Morgan fingerprint density at radius 1 is 0.708 bits per heavy atom. The fourth-order valence-corrected chi connectivity index (χ4v) is 7.97. The number of thioether (sulfide) groups is 1. The first-order chi connectivity index (χ1) is 22.7. The summed E-state index contributed by atoms with van der Waals surface area (Å²) >= 11 is 0.980. The van der Waals surface area contributed by atoms with E-state index in [9.17, 15) is 30.5 Å². The van der Waals surface area contributed by atoms with Gasteiger partial charge in [-0.15, -0.1) is 0 Å². The molecular formula is C33H26N2O9S4. The van der Waals surface area contributed by atoms with Crippen molar-refractivity contribution in [3.8, 4) is 17.6 Å². The normalized spacial score (nSPS) is 15.2. The molecule has 0 radical (unpaired) electrons. The van der Waals surface area contributed by atoms with Gasteiger partial charge in [-0.05, 0) is 80.4 Å². The third-order valence-corrected chi connectivity index (χ3v) is 11.4. The summed E-state index contributed by atoms with van der Waals surface area (Å²) in [6.07, 6.45) is 3.02. The minimum Gasteiger partial charge on any atom is -0.379 e. The second-order valence-electron chi connectivity index (χ2n) is 10.4. The lowest BCUT2D eigenvalue weighted by Crippen LogP contribution is -2.14. The first-order valence-electron chi connectivity index (χ1n) is 13.9. The van der Waals surface area contributed by atoms with Crippen molar-refractivity contribution >= 4 is 52.7 Å². The lowest BCUT2D eigenvalue weighted by molar-refractivity contribution is 0.338. The van der Waals surface area contributed by atoms with Crippen LogP contribution in [0.3, 0.4) is 0 Å². The Labute approximate surface area is 283 Å². The molecular weight excluding hydrogens is 697 g/mol. The van der Waals surface area contributed by atoms with E-state index in [1.165, 1.54) is 42.5 Å². The summed E-state index contributed by atoms with van der Waals surface area (Å²) in [5.41, 5.74) is 3.47. The molecule has 0 saturated carbocycles. The number of oxime groups is 1. The molecule has 0 bridgehead atoms. The van der Waals surface area contributed by atoms with Crippen LogP contribution in [-0.4, -0.2) is 30.3 Å². The lowest BCUT2D eigenvalue weighted by atomic mass is 10.0. The van der Waals surface area contributed by atoms with Gasteiger partial charge in [-0.25, -0.2) is 0 Å². The molecule has 0 unspecified atom stereocenters. The van der Waals surface area contributed by atoms with E-state index in [2.05, 4.69) is 11.2 Å². The Morgan fingerprint density at radius 3 is 1.88 bits per heavy atom. The number of nitrogens with zero attached hydrogens (tertiary/aromatic N) is 2. The van der Waals surface area contributed by atoms with Crippen LogP contribution in [0.4, 0.5) is 0 Å². The fourth-order valence-electron chi connectivity index (χ4n) is 4.29. The maximum atomic E-state index is 13.5. The highest BCUT2D eigenvalue weighted by Gasteiger charge is 2.29. The molecule has 0 saturated heterocycles. The zero-order valence-electron chi connectivity index (χ0n) is 25.5. The number of allylic oxidation sites excluding steroid dienone is 2. The van der Waals surface area contributed by atoms with E-state index in [-0.39, 0.29) is 14.8 Å². The van der Waals surface area contributed by atoms with Crippen LogP contribution in [-0.2, 0) is 34.6 Å². The summed E-state index contributed by atoms with van der Waals surface area (Å²) in [5.74, 6) is -1.17. The lowest BCUT2D eigenvalue weighted by Gasteiger charge is -2.13. The first-order valence-corrected chi connectivity index (χ1v) is 19.0. The molecule has 48 heavy (non-hydrogen) atoms. The summed E-state index contributed by atoms with van der Waals surface area (Å²) in [6.45, 7) is 5.37. The standard InChI is InChI=1S/C33H26N2O9S4/c1-22-8-13-26(14-9-22)46(36,37)42-25-12-17-30(43-47(38,39)27-15-10-23(2)11-16-27)32(20-25)48(40,41)44-35-33-19-18-31(45-33)29(21-34)28-7-5-4-6-24(28)3/h4-20H,1-3H3/b31-29-,35-33+. The maximum Gasteiger partial charge on any atom is 0.362 e. The van der Waals surface area contributed by atoms with Crippen molar-refractivity contribution in [3.05, 3.63) is 130 Å². The zero-order valence-corrected chi connectivity index (χ0v) is 28.8.